The Kier molecular flexibility index (Phi) is 5.44. The Morgan fingerprint density at radius 3 is 2.48 bits per heavy atom. The lowest BCUT2D eigenvalue weighted by Gasteiger charge is -2.32. The maximum Gasteiger partial charge on any atom is 0.306 e. The molecule has 0 atom stereocenters. The lowest BCUT2D eigenvalue weighted by molar-refractivity contribution is -0.142. The summed E-state index contributed by atoms with van der Waals surface area (Å²) in [5.41, 5.74) is 1.35. The largest absolute Gasteiger partial charge is 0.481 e. The van der Waals surface area contributed by atoms with Gasteiger partial charge in [-0.25, -0.2) is 0 Å². The molecule has 0 saturated heterocycles. The van der Waals surface area contributed by atoms with Crippen LogP contribution in [0.3, 0.4) is 0 Å². The maximum atomic E-state index is 11.0. The molecule has 1 fully saturated rings. The van der Waals surface area contributed by atoms with E-state index in [-0.39, 0.29) is 11.3 Å². The van der Waals surface area contributed by atoms with Crippen LogP contribution in [0, 0.1) is 5.92 Å². The number of halogens is 1. The van der Waals surface area contributed by atoms with Gasteiger partial charge in [-0.3, -0.25) is 4.79 Å². The summed E-state index contributed by atoms with van der Waals surface area (Å²) in [4.78, 5) is 11.0. The lowest BCUT2D eigenvalue weighted by atomic mass is 9.82. The van der Waals surface area contributed by atoms with Gasteiger partial charge in [0.25, 0.3) is 0 Å². The number of benzene rings is 1. The van der Waals surface area contributed by atoms with Crippen molar-refractivity contribution in [2.45, 2.75) is 51.0 Å². The molecule has 116 valence electrons. The minimum absolute atomic E-state index is 0.0454. The molecule has 1 saturated carbocycles. The van der Waals surface area contributed by atoms with Crippen LogP contribution in [0.1, 0.15) is 45.1 Å². The van der Waals surface area contributed by atoms with Crippen LogP contribution >= 0.6 is 15.9 Å². The quantitative estimate of drug-likeness (QED) is 0.842. The fourth-order valence-electron chi connectivity index (χ4n) is 3.05. The molecule has 0 spiro atoms. The normalized spacial score (nSPS) is 23.0. The van der Waals surface area contributed by atoms with E-state index in [1.54, 1.807) is 0 Å². The summed E-state index contributed by atoms with van der Waals surface area (Å²) in [5, 5.41) is 12.7. The van der Waals surface area contributed by atoms with E-state index in [9.17, 15) is 4.79 Å². The highest BCUT2D eigenvalue weighted by Gasteiger charge is 2.28. The highest BCUT2D eigenvalue weighted by Crippen LogP contribution is 2.30. The lowest BCUT2D eigenvalue weighted by Crippen LogP contribution is -2.41. The van der Waals surface area contributed by atoms with Crippen molar-refractivity contribution in [2.75, 3.05) is 6.54 Å². The van der Waals surface area contributed by atoms with Crippen molar-refractivity contribution < 1.29 is 9.90 Å². The van der Waals surface area contributed by atoms with Crippen molar-refractivity contribution in [2.24, 2.45) is 5.92 Å². The van der Waals surface area contributed by atoms with E-state index in [0.29, 0.717) is 6.04 Å². The molecule has 0 aliphatic heterocycles. The molecule has 1 aromatic rings. The highest BCUT2D eigenvalue weighted by molar-refractivity contribution is 9.10. The van der Waals surface area contributed by atoms with Crippen LogP contribution in [0.15, 0.2) is 28.7 Å². The summed E-state index contributed by atoms with van der Waals surface area (Å²) in [6.07, 6.45) is 3.51. The predicted octanol–water partition coefficient (Wildman–Crippen LogP) is 3.96. The van der Waals surface area contributed by atoms with Crippen LogP contribution in [0.25, 0.3) is 0 Å². The van der Waals surface area contributed by atoms with Gasteiger partial charge in [0, 0.05) is 22.5 Å². The molecule has 1 aliphatic rings. The first-order valence-corrected chi connectivity index (χ1v) is 8.40. The van der Waals surface area contributed by atoms with Crippen molar-refractivity contribution in [3.63, 3.8) is 0 Å². The van der Waals surface area contributed by atoms with Gasteiger partial charge in [0.1, 0.15) is 0 Å². The molecular weight excluding hydrogens is 330 g/mol. The van der Waals surface area contributed by atoms with Gasteiger partial charge in [-0.1, -0.05) is 48.0 Å². The number of rotatable bonds is 5. The van der Waals surface area contributed by atoms with E-state index in [4.69, 9.17) is 5.11 Å². The summed E-state index contributed by atoms with van der Waals surface area (Å²) in [6, 6.07) is 8.79. The monoisotopic (exact) mass is 353 g/mol. The molecule has 21 heavy (non-hydrogen) atoms. The fourth-order valence-corrected chi connectivity index (χ4v) is 3.87. The Morgan fingerprint density at radius 2 is 1.90 bits per heavy atom. The summed E-state index contributed by atoms with van der Waals surface area (Å²) < 4.78 is 1.14. The topological polar surface area (TPSA) is 49.3 Å². The average Bonchev–Trinajstić information content (AvgIpc) is 2.46. The summed E-state index contributed by atoms with van der Waals surface area (Å²) in [6.45, 7) is 5.38. The summed E-state index contributed by atoms with van der Waals surface area (Å²) >= 11 is 3.63. The Morgan fingerprint density at radius 1 is 1.29 bits per heavy atom. The fraction of sp³-hybridized carbons (Fsp3) is 0.588. The van der Waals surface area contributed by atoms with Crippen molar-refractivity contribution in [1.82, 2.24) is 5.32 Å². The molecule has 0 heterocycles. The molecule has 0 bridgehead atoms. The van der Waals surface area contributed by atoms with Gasteiger partial charge in [-0.2, -0.15) is 0 Å². The Hall–Kier alpha value is -0.870. The number of carboxylic acids is 1. The van der Waals surface area contributed by atoms with E-state index < -0.39 is 5.97 Å². The van der Waals surface area contributed by atoms with Crippen LogP contribution in [-0.4, -0.2) is 23.7 Å². The Balaban J connectivity index is 1.88. The zero-order chi connectivity index (χ0) is 15.5. The van der Waals surface area contributed by atoms with Gasteiger partial charge in [0.05, 0.1) is 5.92 Å². The average molecular weight is 354 g/mol. The SMILES string of the molecule is CC(C)(CNC1CCC(C(=O)O)CC1)c1ccccc1Br. The number of aliphatic carboxylic acids is 1. The summed E-state index contributed by atoms with van der Waals surface area (Å²) in [7, 11) is 0. The number of carbonyl (C=O) groups is 1. The first-order chi connectivity index (χ1) is 9.90. The van der Waals surface area contributed by atoms with Crippen LogP contribution in [0.5, 0.6) is 0 Å². The van der Waals surface area contributed by atoms with E-state index in [1.165, 1.54) is 5.56 Å². The third kappa shape index (κ3) is 4.30. The van der Waals surface area contributed by atoms with Gasteiger partial charge in [-0.05, 0) is 37.3 Å². The second-order valence-corrected chi connectivity index (χ2v) is 7.49. The van der Waals surface area contributed by atoms with Gasteiger partial charge < -0.3 is 10.4 Å². The number of hydrogen-bond acceptors (Lipinski definition) is 2. The highest BCUT2D eigenvalue weighted by atomic mass is 79.9. The van der Waals surface area contributed by atoms with E-state index in [2.05, 4.69) is 53.3 Å². The minimum Gasteiger partial charge on any atom is -0.481 e. The van der Waals surface area contributed by atoms with Crippen LogP contribution < -0.4 is 5.32 Å². The molecular formula is C17H24BrNO2. The second kappa shape index (κ2) is 6.93. The number of carboxylic acid groups (broad SMARTS) is 1. The first-order valence-electron chi connectivity index (χ1n) is 7.61. The molecule has 4 heteroatoms. The zero-order valence-electron chi connectivity index (χ0n) is 12.7. The van der Waals surface area contributed by atoms with Gasteiger partial charge >= 0.3 is 5.97 Å². The van der Waals surface area contributed by atoms with Crippen molar-refractivity contribution in [3.8, 4) is 0 Å². The Bertz CT molecular complexity index is 493. The molecule has 0 amide bonds. The Labute approximate surface area is 135 Å². The zero-order valence-corrected chi connectivity index (χ0v) is 14.3. The van der Waals surface area contributed by atoms with Crippen LogP contribution in [0.4, 0.5) is 0 Å². The second-order valence-electron chi connectivity index (χ2n) is 6.63. The first kappa shape index (κ1) is 16.5. The predicted molar refractivity (Wildman–Crippen MR) is 88.6 cm³/mol. The smallest absolute Gasteiger partial charge is 0.306 e. The number of hydrogen-bond donors (Lipinski definition) is 2. The van der Waals surface area contributed by atoms with Gasteiger partial charge in [-0.15, -0.1) is 0 Å². The third-order valence-corrected chi connectivity index (χ3v) is 5.20. The molecule has 0 unspecified atom stereocenters. The molecule has 0 aromatic heterocycles. The molecule has 0 radical (unpaired) electrons. The van der Waals surface area contributed by atoms with Crippen molar-refractivity contribution >= 4 is 21.9 Å². The van der Waals surface area contributed by atoms with Crippen molar-refractivity contribution in [1.29, 1.82) is 0 Å². The van der Waals surface area contributed by atoms with E-state index in [1.807, 2.05) is 6.07 Å². The number of nitrogens with one attached hydrogen (secondary N) is 1. The van der Waals surface area contributed by atoms with Crippen molar-refractivity contribution in [3.05, 3.63) is 34.3 Å². The third-order valence-electron chi connectivity index (χ3n) is 4.51. The molecule has 2 rings (SSSR count). The molecule has 1 aliphatic carbocycles. The standard InChI is InChI=1S/C17H24BrNO2/c1-17(2,14-5-3-4-6-15(14)18)11-19-13-9-7-12(8-10-13)16(20)21/h3-6,12-13,19H,7-11H2,1-2H3,(H,20,21). The van der Waals surface area contributed by atoms with Gasteiger partial charge in [0.15, 0.2) is 0 Å². The van der Waals surface area contributed by atoms with Crippen LogP contribution in [-0.2, 0) is 10.2 Å². The van der Waals surface area contributed by atoms with Crippen LogP contribution in [0.2, 0.25) is 0 Å². The van der Waals surface area contributed by atoms with Gasteiger partial charge in [0.2, 0.25) is 0 Å². The minimum atomic E-state index is -0.637. The molecule has 2 N–H and O–H groups in total. The molecule has 3 nitrogen and oxygen atoms in total. The van der Waals surface area contributed by atoms with E-state index >= 15 is 0 Å². The molecule has 1 aromatic carbocycles. The van der Waals surface area contributed by atoms with E-state index in [0.717, 1.165) is 36.7 Å². The summed E-state index contributed by atoms with van der Waals surface area (Å²) in [5.74, 6) is -0.777. The maximum absolute atomic E-state index is 11.0.